The average molecular weight is 377 g/mol. The molecule has 4 aromatic rings. The maximum atomic E-state index is 14.1. The van der Waals surface area contributed by atoms with Crippen molar-refractivity contribution in [3.05, 3.63) is 66.9 Å². The van der Waals surface area contributed by atoms with Crippen LogP contribution >= 0.6 is 11.6 Å². The Morgan fingerprint density at radius 2 is 2.00 bits per heavy atom. The Kier molecular flexibility index (Phi) is 3.55. The van der Waals surface area contributed by atoms with Crippen LogP contribution in [0.25, 0.3) is 17.0 Å². The van der Waals surface area contributed by atoms with Crippen LogP contribution in [0, 0.1) is 19.7 Å². The van der Waals surface area contributed by atoms with E-state index in [1.54, 1.807) is 18.2 Å². The molecule has 0 radical (unpaired) electrons. The van der Waals surface area contributed by atoms with Gasteiger partial charge in [-0.25, -0.2) is 9.18 Å². The van der Waals surface area contributed by atoms with E-state index in [1.165, 1.54) is 29.8 Å². The molecule has 0 N–H and O–H groups in total. The number of halogens is 2. The second kappa shape index (κ2) is 5.57. The Hall–Kier alpha value is -2.87. The van der Waals surface area contributed by atoms with Gasteiger partial charge in [0.05, 0.1) is 12.2 Å². The highest BCUT2D eigenvalue weighted by Crippen LogP contribution is 2.21. The molecular formula is C17H14ClFN4O3. The molecular weight excluding hydrogens is 363 g/mol. The Bertz CT molecular complexity index is 1290. The molecule has 3 heterocycles. The molecule has 7 nitrogen and oxygen atoms in total. The smallest absolute Gasteiger partial charge is 0.332 e. The SMILES string of the molecule is Cc1oc2nc3c(c(=O)n(Cc4c(F)cccc4Cl)c(=O)n3C)n2c1C. The Morgan fingerprint density at radius 1 is 1.27 bits per heavy atom. The van der Waals surface area contributed by atoms with E-state index in [0.717, 1.165) is 4.57 Å². The molecule has 9 heteroatoms. The van der Waals surface area contributed by atoms with Crippen molar-refractivity contribution in [1.82, 2.24) is 18.5 Å². The summed E-state index contributed by atoms with van der Waals surface area (Å²) in [4.78, 5) is 30.0. The van der Waals surface area contributed by atoms with Gasteiger partial charge in [0.2, 0.25) is 0 Å². The molecule has 0 saturated heterocycles. The van der Waals surface area contributed by atoms with Crippen LogP contribution in [0.15, 0.2) is 32.2 Å². The highest BCUT2D eigenvalue weighted by Gasteiger charge is 2.22. The van der Waals surface area contributed by atoms with Gasteiger partial charge in [-0.2, -0.15) is 4.98 Å². The Labute approximate surface area is 150 Å². The zero-order chi connectivity index (χ0) is 18.7. The third-order valence-corrected chi connectivity index (χ3v) is 4.93. The van der Waals surface area contributed by atoms with Gasteiger partial charge in [0.1, 0.15) is 11.6 Å². The third kappa shape index (κ3) is 2.15. The summed E-state index contributed by atoms with van der Waals surface area (Å²) in [6, 6.07) is 4.20. The first-order valence-electron chi connectivity index (χ1n) is 7.82. The lowest BCUT2D eigenvalue weighted by Crippen LogP contribution is -2.40. The van der Waals surface area contributed by atoms with Crippen molar-refractivity contribution in [3.63, 3.8) is 0 Å². The van der Waals surface area contributed by atoms with Gasteiger partial charge in [-0.1, -0.05) is 17.7 Å². The van der Waals surface area contributed by atoms with Crippen LogP contribution in [0.3, 0.4) is 0 Å². The summed E-state index contributed by atoms with van der Waals surface area (Å²) in [5.41, 5.74) is -0.0142. The number of hydrogen-bond donors (Lipinski definition) is 0. The first-order chi connectivity index (χ1) is 12.3. The van der Waals surface area contributed by atoms with Crippen molar-refractivity contribution in [1.29, 1.82) is 0 Å². The molecule has 0 aliphatic carbocycles. The summed E-state index contributed by atoms with van der Waals surface area (Å²) in [5, 5.41) is 0.146. The number of aryl methyl sites for hydroxylation is 3. The fourth-order valence-electron chi connectivity index (χ4n) is 3.03. The number of hydrogen-bond acceptors (Lipinski definition) is 4. The quantitative estimate of drug-likeness (QED) is 0.538. The molecule has 26 heavy (non-hydrogen) atoms. The van der Waals surface area contributed by atoms with Crippen LogP contribution in [0.1, 0.15) is 17.0 Å². The topological polar surface area (TPSA) is 74.4 Å². The number of aromatic nitrogens is 4. The molecule has 0 unspecified atom stereocenters. The first kappa shape index (κ1) is 16.6. The van der Waals surface area contributed by atoms with Crippen LogP contribution < -0.4 is 11.2 Å². The normalized spacial score (nSPS) is 11.7. The third-order valence-electron chi connectivity index (χ3n) is 4.58. The molecule has 0 fully saturated rings. The first-order valence-corrected chi connectivity index (χ1v) is 8.20. The molecule has 0 saturated carbocycles. The van der Waals surface area contributed by atoms with Crippen molar-refractivity contribution in [2.24, 2.45) is 7.05 Å². The van der Waals surface area contributed by atoms with Crippen molar-refractivity contribution in [2.75, 3.05) is 0 Å². The van der Waals surface area contributed by atoms with Gasteiger partial charge in [0.15, 0.2) is 11.2 Å². The van der Waals surface area contributed by atoms with Gasteiger partial charge in [-0.3, -0.25) is 18.3 Å². The number of rotatable bonds is 2. The van der Waals surface area contributed by atoms with E-state index in [0.29, 0.717) is 11.5 Å². The van der Waals surface area contributed by atoms with Crippen molar-refractivity contribution < 1.29 is 8.81 Å². The fourth-order valence-corrected chi connectivity index (χ4v) is 3.25. The lowest BCUT2D eigenvalue weighted by molar-refractivity contribution is 0.561. The minimum Gasteiger partial charge on any atom is -0.428 e. The molecule has 0 atom stereocenters. The van der Waals surface area contributed by atoms with Crippen LogP contribution in [-0.4, -0.2) is 18.5 Å². The van der Waals surface area contributed by atoms with E-state index >= 15 is 0 Å². The molecule has 4 rings (SSSR count). The maximum Gasteiger partial charge on any atom is 0.332 e. The fraction of sp³-hybridized carbons (Fsp3) is 0.235. The minimum absolute atomic E-state index is 0.0774. The monoisotopic (exact) mass is 376 g/mol. The highest BCUT2D eigenvalue weighted by atomic mass is 35.5. The highest BCUT2D eigenvalue weighted by molar-refractivity contribution is 6.31. The zero-order valence-electron chi connectivity index (χ0n) is 14.2. The van der Waals surface area contributed by atoms with E-state index in [9.17, 15) is 14.0 Å². The predicted molar refractivity (Wildman–Crippen MR) is 94.5 cm³/mol. The van der Waals surface area contributed by atoms with Crippen LogP contribution in [0.4, 0.5) is 4.39 Å². The van der Waals surface area contributed by atoms with Gasteiger partial charge < -0.3 is 4.42 Å². The number of oxazole rings is 1. The zero-order valence-corrected chi connectivity index (χ0v) is 15.0. The summed E-state index contributed by atoms with van der Waals surface area (Å²) >= 11 is 6.05. The van der Waals surface area contributed by atoms with E-state index in [2.05, 4.69) is 4.98 Å². The second-order valence-electron chi connectivity index (χ2n) is 6.08. The van der Waals surface area contributed by atoms with E-state index in [4.69, 9.17) is 16.0 Å². The van der Waals surface area contributed by atoms with E-state index in [1.807, 2.05) is 0 Å². The Morgan fingerprint density at radius 3 is 2.69 bits per heavy atom. The van der Waals surface area contributed by atoms with Crippen molar-refractivity contribution >= 4 is 28.6 Å². The van der Waals surface area contributed by atoms with E-state index in [-0.39, 0.29) is 34.1 Å². The molecule has 0 aliphatic rings. The van der Waals surface area contributed by atoms with Gasteiger partial charge in [-0.05, 0) is 26.0 Å². The van der Waals surface area contributed by atoms with Gasteiger partial charge >= 0.3 is 11.5 Å². The van der Waals surface area contributed by atoms with Gasteiger partial charge in [-0.15, -0.1) is 0 Å². The largest absolute Gasteiger partial charge is 0.428 e. The lowest BCUT2D eigenvalue weighted by Gasteiger charge is -2.10. The minimum atomic E-state index is -0.614. The Balaban J connectivity index is 2.09. The standard InChI is InChI=1S/C17H14ClFN4O3/c1-8-9(2)26-16-20-14-13(23(8)16)15(24)22(17(25)21(14)3)7-10-11(18)5-4-6-12(10)19/h4-6H,7H2,1-3H3. The summed E-state index contributed by atoms with van der Waals surface area (Å²) < 4.78 is 23.4. The second-order valence-corrected chi connectivity index (χ2v) is 6.49. The van der Waals surface area contributed by atoms with Crippen molar-refractivity contribution in [3.8, 4) is 0 Å². The van der Waals surface area contributed by atoms with Crippen molar-refractivity contribution in [2.45, 2.75) is 20.4 Å². The summed E-state index contributed by atoms with van der Waals surface area (Å²) in [6.07, 6.45) is 0. The molecule has 134 valence electrons. The summed E-state index contributed by atoms with van der Waals surface area (Å²) in [5.74, 6) is 0.260. The lowest BCUT2D eigenvalue weighted by atomic mass is 10.2. The average Bonchev–Trinajstić information content (AvgIpc) is 3.09. The number of nitrogens with zero attached hydrogens (tertiary/aromatic N) is 4. The van der Waals surface area contributed by atoms with Gasteiger partial charge in [0, 0.05) is 17.6 Å². The molecule has 3 aromatic heterocycles. The molecule has 0 bridgehead atoms. The van der Waals surface area contributed by atoms with Crippen LogP contribution in [0.2, 0.25) is 5.02 Å². The number of fused-ring (bicyclic) bond motifs is 3. The number of benzene rings is 1. The van der Waals surface area contributed by atoms with Gasteiger partial charge in [0.25, 0.3) is 5.56 Å². The molecule has 1 aromatic carbocycles. The summed E-state index contributed by atoms with van der Waals surface area (Å²) in [7, 11) is 1.50. The predicted octanol–water partition coefficient (Wildman–Crippen LogP) is 2.40. The molecule has 0 aliphatic heterocycles. The van der Waals surface area contributed by atoms with E-state index < -0.39 is 17.1 Å². The molecule has 0 spiro atoms. The van der Waals surface area contributed by atoms with Crippen LogP contribution in [-0.2, 0) is 13.6 Å². The molecule has 0 amide bonds. The maximum absolute atomic E-state index is 14.1. The van der Waals surface area contributed by atoms with Crippen LogP contribution in [0.5, 0.6) is 0 Å². The summed E-state index contributed by atoms with van der Waals surface area (Å²) in [6.45, 7) is 3.26. The number of imidazole rings is 1.